The number of hydrogen-bond acceptors (Lipinski definition) is 9. The summed E-state index contributed by atoms with van der Waals surface area (Å²) in [6.07, 6.45) is 14.6. The molecule has 0 radical (unpaired) electrons. The molecule has 0 unspecified atom stereocenters. The number of nitrogens with zero attached hydrogens (tertiary/aromatic N) is 2. The molecule has 0 spiro atoms. The van der Waals surface area contributed by atoms with Crippen molar-refractivity contribution in [2.45, 2.75) is 142 Å². The van der Waals surface area contributed by atoms with Crippen molar-refractivity contribution in [2.24, 2.45) is 0 Å². The van der Waals surface area contributed by atoms with E-state index >= 15 is 13.3 Å². The van der Waals surface area contributed by atoms with E-state index in [-0.39, 0.29) is 25.5 Å². The summed E-state index contributed by atoms with van der Waals surface area (Å²) >= 11 is 0. The maximum Gasteiger partial charge on any atom is 0.475 e. The van der Waals surface area contributed by atoms with Crippen LogP contribution in [0.4, 0.5) is 14.6 Å². The zero-order valence-corrected chi connectivity index (χ0v) is 46.7. The molecule has 2 aliphatic carbocycles. The van der Waals surface area contributed by atoms with E-state index in [0.717, 1.165) is 108 Å². The number of phosphoric ester groups is 1. The molecule has 78 heavy (non-hydrogen) atoms. The van der Waals surface area contributed by atoms with Crippen LogP contribution in [0.3, 0.4) is 0 Å². The Kier molecular flexibility index (Phi) is 19.8. The fourth-order valence-electron chi connectivity index (χ4n) is 10.6. The number of nitrogens with one attached hydrogen (secondary N) is 1. The van der Waals surface area contributed by atoms with Gasteiger partial charge in [0.2, 0.25) is 12.1 Å². The van der Waals surface area contributed by atoms with Gasteiger partial charge in [-0.2, -0.15) is 13.8 Å². The molecule has 412 valence electrons. The average Bonchev–Trinajstić information content (AvgIpc) is 4.05. The van der Waals surface area contributed by atoms with Crippen LogP contribution in [0.25, 0.3) is 22.3 Å². The van der Waals surface area contributed by atoms with Gasteiger partial charge in [-0.05, 0) is 150 Å². The molecule has 0 bridgehead atoms. The van der Waals surface area contributed by atoms with Gasteiger partial charge in [0.1, 0.15) is 11.9 Å². The van der Waals surface area contributed by atoms with Gasteiger partial charge in [0.25, 0.3) is 0 Å². The van der Waals surface area contributed by atoms with Gasteiger partial charge in [0, 0.05) is 24.5 Å². The summed E-state index contributed by atoms with van der Waals surface area (Å²) in [5.74, 6) is -5.51. The third kappa shape index (κ3) is 14.3. The second kappa shape index (κ2) is 26.6. The summed E-state index contributed by atoms with van der Waals surface area (Å²) in [4.78, 5) is 30.4. The lowest BCUT2D eigenvalue weighted by molar-refractivity contribution is -0.140. The number of halogens is 2. The molecule has 3 atom stereocenters. The molecule has 1 aromatic heterocycles. The van der Waals surface area contributed by atoms with Crippen molar-refractivity contribution in [1.82, 2.24) is 9.55 Å². The molecule has 2 N–H and O–H groups in total. The lowest BCUT2D eigenvalue weighted by atomic mass is 9.98. The van der Waals surface area contributed by atoms with E-state index in [4.69, 9.17) is 18.3 Å². The highest BCUT2D eigenvalue weighted by Crippen LogP contribution is 2.59. The highest BCUT2D eigenvalue weighted by Gasteiger charge is 2.63. The van der Waals surface area contributed by atoms with Gasteiger partial charge in [0.15, 0.2) is 6.10 Å². The lowest BCUT2D eigenvalue weighted by Gasteiger charge is -2.29. The van der Waals surface area contributed by atoms with Gasteiger partial charge in [-0.15, -0.1) is 0 Å². The van der Waals surface area contributed by atoms with Crippen molar-refractivity contribution in [3.63, 3.8) is 0 Å². The number of fused-ring (bicyclic) bond motifs is 6. The molecule has 3 aliphatic rings. The molecule has 14 heteroatoms. The first-order valence-electron chi connectivity index (χ1n) is 27.3. The molecular formula is C64H74F2N3O8P. The summed E-state index contributed by atoms with van der Waals surface area (Å²) < 4.78 is 73.4. The first kappa shape index (κ1) is 58.0. The minimum absolute atomic E-state index is 0.115. The van der Waals surface area contributed by atoms with Crippen molar-refractivity contribution in [2.75, 3.05) is 25.1 Å². The van der Waals surface area contributed by atoms with Crippen molar-refractivity contribution in [3.8, 4) is 22.3 Å². The normalized spacial score (nSPS) is 18.4. The number of phosphoric acid groups is 1. The monoisotopic (exact) mass is 1080 g/mol. The second-order valence-corrected chi connectivity index (χ2v) is 22.8. The number of ether oxygens (including phenoxy) is 1. The van der Waals surface area contributed by atoms with Gasteiger partial charge in [-0.25, -0.2) is 9.36 Å². The number of alkyl halides is 2. The van der Waals surface area contributed by atoms with E-state index in [9.17, 15) is 14.7 Å². The van der Waals surface area contributed by atoms with Crippen molar-refractivity contribution in [3.05, 3.63) is 200 Å². The Bertz CT molecular complexity index is 3000. The second-order valence-electron chi connectivity index (χ2n) is 21.1. The van der Waals surface area contributed by atoms with Gasteiger partial charge in [0.05, 0.1) is 19.8 Å². The third-order valence-corrected chi connectivity index (χ3v) is 16.3. The van der Waals surface area contributed by atoms with E-state index < -0.39 is 62.2 Å². The van der Waals surface area contributed by atoms with Crippen LogP contribution in [0.15, 0.2) is 172 Å². The Morgan fingerprint density at radius 2 is 1.06 bits per heavy atom. The van der Waals surface area contributed by atoms with Gasteiger partial charge < -0.3 is 15.2 Å². The standard InChI is InChI=1S/C64H74F2N3O8P/c1-43(2)20-17-23-46(5)26-18-24-44(3)21-7-8-22-45(4)25-19-27-47(6)36-37-60(71)67-59-38-39-69(63(72)68-59)62-64(65,66)61(58(40-70)76-62)77-78(73,74-41-56-52-32-13-9-28-48(52)49-29-10-14-33-53(49)56)75-42-57-54-34-15-11-30-50(54)51-31-12-16-35-55(51)57/h9-16,20-22,26-35,38-39,56-58,61-62,70H,7-8,17-19,23-25,36-37,40-42H2,1-6H3,(H,67,68,71,72)/b44-21+,45-22+,46-26+,47-27+/t58-,61-,62-/m1/s1. The highest BCUT2D eigenvalue weighted by atomic mass is 31.2. The Balaban J connectivity index is 0.870. The van der Waals surface area contributed by atoms with Crippen molar-refractivity contribution in [1.29, 1.82) is 0 Å². The Morgan fingerprint density at radius 1 is 0.641 bits per heavy atom. The number of aliphatic hydroxyl groups excluding tert-OH is 1. The summed E-state index contributed by atoms with van der Waals surface area (Å²) in [6.45, 7) is 11.3. The first-order valence-corrected chi connectivity index (χ1v) is 28.7. The number of rotatable bonds is 26. The molecule has 1 fully saturated rings. The van der Waals surface area contributed by atoms with Crippen molar-refractivity contribution < 1.29 is 41.6 Å². The summed E-state index contributed by atoms with van der Waals surface area (Å²) in [5.41, 5.74) is 12.9. The number of unbranched alkanes of at least 4 members (excludes halogenated alkanes) is 1. The highest BCUT2D eigenvalue weighted by molar-refractivity contribution is 7.48. The van der Waals surface area contributed by atoms with Gasteiger partial charge in [-0.3, -0.25) is 22.9 Å². The van der Waals surface area contributed by atoms with Crippen LogP contribution >= 0.6 is 7.82 Å². The molecule has 11 nitrogen and oxygen atoms in total. The topological polar surface area (TPSA) is 138 Å². The molecule has 1 aliphatic heterocycles. The predicted molar refractivity (Wildman–Crippen MR) is 306 cm³/mol. The molecule has 1 amide bonds. The maximum absolute atomic E-state index is 16.9. The van der Waals surface area contributed by atoms with Crippen LogP contribution in [0, 0.1) is 0 Å². The summed E-state index contributed by atoms with van der Waals surface area (Å²) in [5, 5.41) is 13.1. The van der Waals surface area contributed by atoms with E-state index in [1.165, 1.54) is 28.4 Å². The minimum Gasteiger partial charge on any atom is -0.394 e. The summed E-state index contributed by atoms with van der Waals surface area (Å²) in [6, 6.07) is 32.1. The third-order valence-electron chi connectivity index (χ3n) is 14.9. The van der Waals surface area contributed by atoms with Crippen LogP contribution in [0.1, 0.15) is 146 Å². The summed E-state index contributed by atoms with van der Waals surface area (Å²) in [7, 11) is -4.98. The van der Waals surface area contributed by atoms with E-state index in [2.05, 4.69) is 75.3 Å². The number of aromatic nitrogens is 2. The fraction of sp³-hybridized carbons (Fsp3) is 0.391. The number of allylic oxidation sites excluding steroid dienone is 10. The fourth-order valence-corrected chi connectivity index (χ4v) is 12.0. The quantitative estimate of drug-likeness (QED) is 0.0315. The van der Waals surface area contributed by atoms with Crippen LogP contribution in [-0.2, 0) is 27.7 Å². The number of carbonyl (C=O) groups is 1. The first-order chi connectivity index (χ1) is 37.5. The van der Waals surface area contributed by atoms with Gasteiger partial charge in [-0.1, -0.05) is 155 Å². The molecule has 2 heterocycles. The molecule has 4 aromatic carbocycles. The van der Waals surface area contributed by atoms with E-state index in [1.54, 1.807) is 0 Å². The number of amides is 1. The van der Waals surface area contributed by atoms with Crippen LogP contribution < -0.4 is 11.0 Å². The molecule has 5 aromatic rings. The molecule has 8 rings (SSSR count). The van der Waals surface area contributed by atoms with E-state index in [0.29, 0.717) is 11.0 Å². The molecule has 1 saturated heterocycles. The molecular weight excluding hydrogens is 1010 g/mol. The molecule has 0 saturated carbocycles. The Morgan fingerprint density at radius 3 is 1.50 bits per heavy atom. The maximum atomic E-state index is 16.9. The Hall–Kier alpha value is -6.18. The van der Waals surface area contributed by atoms with Gasteiger partial charge >= 0.3 is 19.4 Å². The van der Waals surface area contributed by atoms with Crippen molar-refractivity contribution >= 4 is 19.5 Å². The number of benzene rings is 4. The number of aliphatic hydroxyl groups is 1. The lowest BCUT2D eigenvalue weighted by Crippen LogP contribution is -2.43. The zero-order valence-electron chi connectivity index (χ0n) is 45.8. The smallest absolute Gasteiger partial charge is 0.394 e. The average molecular weight is 1080 g/mol. The number of hydrogen-bond donors (Lipinski definition) is 2. The predicted octanol–water partition coefficient (Wildman–Crippen LogP) is 15.5. The largest absolute Gasteiger partial charge is 0.475 e. The van der Waals surface area contributed by atoms with E-state index in [1.807, 2.05) is 104 Å². The number of anilines is 1. The SMILES string of the molecule is CC(C)=CCC/C(C)=C/CC/C(C)=C/CC/C=C(\C)CC/C=C(\C)CCC(=O)Nc1ccn([C@@H]2O[C@H](CO)[C@@H](OP(=O)(OCC3c4ccccc4-c4ccccc43)OCC3c4ccccc4-c4ccccc43)C2(F)F)c(=O)n1. The zero-order chi connectivity index (χ0) is 55.4. The van der Waals surface area contributed by atoms with Crippen LogP contribution in [0.2, 0.25) is 0 Å². The van der Waals surface area contributed by atoms with Crippen LogP contribution in [0.5, 0.6) is 0 Å². The van der Waals surface area contributed by atoms with Crippen LogP contribution in [-0.4, -0.2) is 58.5 Å². The Labute approximate surface area is 458 Å². The minimum atomic E-state index is -4.98. The number of carbonyl (C=O) groups excluding carboxylic acids is 1.